The number of nitrogens with one attached hydrogen (secondary N) is 1. The van der Waals surface area contributed by atoms with Gasteiger partial charge in [0.1, 0.15) is 0 Å². The molecular formula is C17H28N2. The van der Waals surface area contributed by atoms with Crippen molar-refractivity contribution in [2.75, 3.05) is 20.1 Å². The maximum Gasteiger partial charge on any atom is 0.0230 e. The molecule has 0 aliphatic carbocycles. The number of hydrogen-bond donors (Lipinski definition) is 1. The molecule has 19 heavy (non-hydrogen) atoms. The van der Waals surface area contributed by atoms with Crippen LogP contribution in [0.5, 0.6) is 0 Å². The molecule has 106 valence electrons. The summed E-state index contributed by atoms with van der Waals surface area (Å²) in [5.41, 5.74) is 2.85. The van der Waals surface area contributed by atoms with E-state index in [4.69, 9.17) is 0 Å². The Bertz CT molecular complexity index is 363. The molecule has 1 heterocycles. The third-order valence-corrected chi connectivity index (χ3v) is 4.12. The number of rotatable bonds is 6. The molecule has 2 heteroatoms. The lowest BCUT2D eigenvalue weighted by atomic mass is 10.0. The first-order valence-electron chi connectivity index (χ1n) is 7.66. The SMILES string of the molecule is CC(C)c1ccc(CN(C)CCC2CCCN2)cc1. The Morgan fingerprint density at radius 2 is 2.00 bits per heavy atom. The summed E-state index contributed by atoms with van der Waals surface area (Å²) in [6.07, 6.45) is 3.99. The van der Waals surface area contributed by atoms with E-state index in [1.165, 1.54) is 43.5 Å². The van der Waals surface area contributed by atoms with E-state index in [0.717, 1.165) is 12.6 Å². The van der Waals surface area contributed by atoms with Crippen LogP contribution in [0.15, 0.2) is 24.3 Å². The summed E-state index contributed by atoms with van der Waals surface area (Å²) in [7, 11) is 2.23. The van der Waals surface area contributed by atoms with Crippen LogP contribution >= 0.6 is 0 Å². The standard InChI is InChI=1S/C17H28N2/c1-14(2)16-8-6-15(7-9-16)13-19(3)12-10-17-5-4-11-18-17/h6-9,14,17-18H,4-5,10-13H2,1-3H3. The Morgan fingerprint density at radius 1 is 1.26 bits per heavy atom. The predicted octanol–water partition coefficient (Wildman–Crippen LogP) is 3.38. The van der Waals surface area contributed by atoms with E-state index in [9.17, 15) is 0 Å². The van der Waals surface area contributed by atoms with E-state index >= 15 is 0 Å². The van der Waals surface area contributed by atoms with Gasteiger partial charge in [-0.2, -0.15) is 0 Å². The van der Waals surface area contributed by atoms with Gasteiger partial charge < -0.3 is 10.2 Å². The van der Waals surface area contributed by atoms with Crippen molar-refractivity contribution in [1.82, 2.24) is 10.2 Å². The zero-order valence-electron chi connectivity index (χ0n) is 12.7. The third kappa shape index (κ3) is 4.63. The van der Waals surface area contributed by atoms with E-state index in [-0.39, 0.29) is 0 Å². The van der Waals surface area contributed by atoms with Crippen LogP contribution in [0.3, 0.4) is 0 Å². The maximum atomic E-state index is 3.57. The van der Waals surface area contributed by atoms with E-state index in [2.05, 4.69) is 55.4 Å². The van der Waals surface area contributed by atoms with Crippen LogP contribution in [0.25, 0.3) is 0 Å². The highest BCUT2D eigenvalue weighted by Gasteiger charge is 2.14. The summed E-state index contributed by atoms with van der Waals surface area (Å²) in [5, 5.41) is 3.57. The smallest absolute Gasteiger partial charge is 0.0230 e. The molecule has 0 radical (unpaired) electrons. The lowest BCUT2D eigenvalue weighted by Gasteiger charge is -2.19. The molecule has 1 atom stereocenters. The molecule has 1 aromatic rings. The van der Waals surface area contributed by atoms with Crippen molar-refractivity contribution in [3.8, 4) is 0 Å². The molecule has 0 saturated carbocycles. The van der Waals surface area contributed by atoms with Gasteiger partial charge in [-0.05, 0) is 56.4 Å². The van der Waals surface area contributed by atoms with Crippen LogP contribution in [-0.2, 0) is 6.54 Å². The minimum Gasteiger partial charge on any atom is -0.314 e. The van der Waals surface area contributed by atoms with Gasteiger partial charge in [0.25, 0.3) is 0 Å². The third-order valence-electron chi connectivity index (χ3n) is 4.12. The summed E-state index contributed by atoms with van der Waals surface area (Å²) >= 11 is 0. The summed E-state index contributed by atoms with van der Waals surface area (Å²) in [6, 6.07) is 9.85. The van der Waals surface area contributed by atoms with Crippen molar-refractivity contribution >= 4 is 0 Å². The van der Waals surface area contributed by atoms with Gasteiger partial charge in [-0.1, -0.05) is 38.1 Å². The first-order chi connectivity index (χ1) is 9.15. The van der Waals surface area contributed by atoms with Crippen LogP contribution in [0, 0.1) is 0 Å². The van der Waals surface area contributed by atoms with Crippen molar-refractivity contribution in [3.63, 3.8) is 0 Å². The van der Waals surface area contributed by atoms with E-state index in [0.29, 0.717) is 5.92 Å². The fourth-order valence-electron chi connectivity index (χ4n) is 2.78. The van der Waals surface area contributed by atoms with Crippen LogP contribution < -0.4 is 5.32 Å². The van der Waals surface area contributed by atoms with Gasteiger partial charge in [0.15, 0.2) is 0 Å². The van der Waals surface area contributed by atoms with Crippen LogP contribution in [0.1, 0.15) is 50.2 Å². The van der Waals surface area contributed by atoms with Gasteiger partial charge >= 0.3 is 0 Å². The van der Waals surface area contributed by atoms with Gasteiger partial charge in [-0.15, -0.1) is 0 Å². The van der Waals surface area contributed by atoms with E-state index in [1.54, 1.807) is 0 Å². The molecule has 1 aliphatic rings. The molecular weight excluding hydrogens is 232 g/mol. The molecule has 0 aromatic heterocycles. The fourth-order valence-corrected chi connectivity index (χ4v) is 2.78. The summed E-state index contributed by atoms with van der Waals surface area (Å²) in [6.45, 7) is 7.95. The van der Waals surface area contributed by atoms with Crippen molar-refractivity contribution in [2.24, 2.45) is 0 Å². The minimum atomic E-state index is 0.625. The average molecular weight is 260 g/mol. The topological polar surface area (TPSA) is 15.3 Å². The van der Waals surface area contributed by atoms with Gasteiger partial charge in [0.2, 0.25) is 0 Å². The summed E-state index contributed by atoms with van der Waals surface area (Å²) in [4.78, 5) is 2.43. The van der Waals surface area contributed by atoms with Gasteiger partial charge in [-0.3, -0.25) is 0 Å². The zero-order valence-corrected chi connectivity index (χ0v) is 12.7. The minimum absolute atomic E-state index is 0.625. The molecule has 1 fully saturated rings. The van der Waals surface area contributed by atoms with Crippen molar-refractivity contribution in [1.29, 1.82) is 0 Å². The second-order valence-electron chi connectivity index (χ2n) is 6.22. The molecule has 2 rings (SSSR count). The molecule has 1 saturated heterocycles. The Hall–Kier alpha value is -0.860. The normalized spacial score (nSPS) is 19.5. The molecule has 0 amide bonds. The highest BCUT2D eigenvalue weighted by molar-refractivity contribution is 5.24. The highest BCUT2D eigenvalue weighted by atomic mass is 15.1. The summed E-state index contributed by atoms with van der Waals surface area (Å²) in [5.74, 6) is 0.625. The summed E-state index contributed by atoms with van der Waals surface area (Å²) < 4.78 is 0. The average Bonchev–Trinajstić information content (AvgIpc) is 2.90. The molecule has 0 spiro atoms. The molecule has 1 aliphatic heterocycles. The number of benzene rings is 1. The van der Waals surface area contributed by atoms with Gasteiger partial charge in [-0.25, -0.2) is 0 Å². The van der Waals surface area contributed by atoms with Gasteiger partial charge in [0, 0.05) is 12.6 Å². The van der Waals surface area contributed by atoms with Crippen LogP contribution in [0.2, 0.25) is 0 Å². The maximum absolute atomic E-state index is 3.57. The highest BCUT2D eigenvalue weighted by Crippen LogP contribution is 2.16. The Morgan fingerprint density at radius 3 is 2.58 bits per heavy atom. The predicted molar refractivity (Wildman–Crippen MR) is 82.5 cm³/mol. The Labute approximate surface area is 118 Å². The zero-order chi connectivity index (χ0) is 13.7. The van der Waals surface area contributed by atoms with Crippen molar-refractivity contribution in [3.05, 3.63) is 35.4 Å². The van der Waals surface area contributed by atoms with Crippen LogP contribution in [-0.4, -0.2) is 31.1 Å². The first-order valence-corrected chi connectivity index (χ1v) is 7.66. The van der Waals surface area contributed by atoms with E-state index < -0.39 is 0 Å². The molecule has 1 unspecified atom stereocenters. The van der Waals surface area contributed by atoms with Crippen molar-refractivity contribution < 1.29 is 0 Å². The molecule has 2 nitrogen and oxygen atoms in total. The fraction of sp³-hybridized carbons (Fsp3) is 0.647. The van der Waals surface area contributed by atoms with Gasteiger partial charge in [0.05, 0.1) is 0 Å². The number of hydrogen-bond acceptors (Lipinski definition) is 2. The van der Waals surface area contributed by atoms with Crippen LogP contribution in [0.4, 0.5) is 0 Å². The monoisotopic (exact) mass is 260 g/mol. The first kappa shape index (κ1) is 14.5. The second-order valence-corrected chi connectivity index (χ2v) is 6.22. The quantitative estimate of drug-likeness (QED) is 0.843. The molecule has 1 aromatic carbocycles. The molecule has 0 bridgehead atoms. The van der Waals surface area contributed by atoms with Crippen molar-refractivity contribution in [2.45, 2.75) is 51.6 Å². The lowest BCUT2D eigenvalue weighted by molar-refractivity contribution is 0.305. The lowest BCUT2D eigenvalue weighted by Crippen LogP contribution is -2.28. The Kier molecular flexibility index (Phi) is 5.41. The number of nitrogens with zero attached hydrogens (tertiary/aromatic N) is 1. The second kappa shape index (κ2) is 7.06. The molecule has 1 N–H and O–H groups in total. The van der Waals surface area contributed by atoms with E-state index in [1.807, 2.05) is 0 Å². The Balaban J connectivity index is 1.76. The largest absolute Gasteiger partial charge is 0.314 e.